The number of imidazole rings is 1. The number of nitrogens with one attached hydrogen (secondary N) is 1. The van der Waals surface area contributed by atoms with Gasteiger partial charge in [0.1, 0.15) is 11.6 Å². The molecular formula is C26H32FN3O2. The summed E-state index contributed by atoms with van der Waals surface area (Å²) in [5.74, 6) is -5.64. The van der Waals surface area contributed by atoms with Crippen LogP contribution in [0.2, 0.25) is 0 Å². The lowest BCUT2D eigenvalue weighted by atomic mass is 9.66. The average molecular weight is 451 g/mol. The number of H-pyrrole nitrogens is 1. The highest BCUT2D eigenvalue weighted by atomic mass is 19.1. The molecule has 0 bridgehead atoms. The molecule has 0 saturated carbocycles. The molecule has 0 saturated heterocycles. The molecule has 0 fully saturated rings. The third kappa shape index (κ3) is 4.56. The number of halogens is 1. The van der Waals surface area contributed by atoms with Crippen LogP contribution in [0.4, 0.5) is 4.39 Å². The van der Waals surface area contributed by atoms with Crippen molar-refractivity contribution in [1.82, 2.24) is 14.9 Å². The second kappa shape index (κ2) is 9.02. The van der Waals surface area contributed by atoms with Gasteiger partial charge in [-0.2, -0.15) is 0 Å². The van der Waals surface area contributed by atoms with E-state index in [2.05, 4.69) is 9.97 Å². The van der Waals surface area contributed by atoms with Crippen LogP contribution in [0.15, 0.2) is 42.5 Å². The first kappa shape index (κ1) is 11.4. The number of carbonyl (C=O) groups excluding carboxylic acids is 1. The molecule has 1 aliphatic carbocycles. The molecule has 0 spiro atoms. The van der Waals surface area contributed by atoms with Crippen molar-refractivity contribution >= 4 is 16.9 Å². The molecule has 1 heterocycles. The standard InChI is InChI=1S/C26H32FN3O2/c1-17(2)25-20-11-10-19(27)15-18(20)12-13-26(25,32)16-24(31)30(3)14-6-9-23-28-21-7-4-5-8-22(21)29-23/h4-5,7-8,10-11,15,17,25,32H,6,9,12-14,16H2,1-3H3,(H,28,29)/t25-,26+/m0/s1/i3D3,6D2,9D2,12D2,13D2,14D2. The number of nitrogens with zero attached hydrogens (tertiary/aromatic N) is 2. The Labute approximate surface area is 206 Å². The molecule has 2 aromatic carbocycles. The van der Waals surface area contributed by atoms with Gasteiger partial charge in [0.05, 0.1) is 23.1 Å². The lowest BCUT2D eigenvalue weighted by Gasteiger charge is -2.43. The molecule has 4 rings (SSSR count). The number of hydrogen-bond acceptors (Lipinski definition) is 3. The van der Waals surface area contributed by atoms with E-state index < -0.39 is 90.8 Å². The van der Waals surface area contributed by atoms with E-state index >= 15 is 0 Å². The van der Waals surface area contributed by atoms with Gasteiger partial charge in [-0.3, -0.25) is 4.79 Å². The first-order valence-corrected chi connectivity index (χ1v) is 10.1. The van der Waals surface area contributed by atoms with Crippen LogP contribution in [0.25, 0.3) is 11.0 Å². The number of amides is 1. The number of carbonyl (C=O) groups is 1. The number of benzene rings is 2. The van der Waals surface area contributed by atoms with Crippen LogP contribution in [0.5, 0.6) is 0 Å². The lowest BCUT2D eigenvalue weighted by Crippen LogP contribution is -2.47. The Morgan fingerprint density at radius 1 is 1.44 bits per heavy atom. The number of rotatable bonds is 7. The fourth-order valence-corrected chi connectivity index (χ4v) is 4.01. The van der Waals surface area contributed by atoms with E-state index in [4.69, 9.17) is 17.8 Å². The normalized spacial score (nSPS) is 31.4. The van der Waals surface area contributed by atoms with Crippen LogP contribution in [0, 0.1) is 11.7 Å². The Morgan fingerprint density at radius 2 is 2.25 bits per heavy atom. The lowest BCUT2D eigenvalue weighted by molar-refractivity contribution is -0.137. The monoisotopic (exact) mass is 450 g/mol. The minimum atomic E-state index is -4.00. The number of aryl methyl sites for hydroxylation is 2. The Bertz CT molecular complexity index is 1590. The van der Waals surface area contributed by atoms with Crippen LogP contribution < -0.4 is 0 Å². The summed E-state index contributed by atoms with van der Waals surface area (Å²) in [5.41, 5.74) is -3.08. The van der Waals surface area contributed by atoms with E-state index in [0.717, 1.165) is 18.2 Å². The minimum Gasteiger partial charge on any atom is -0.389 e. The third-order valence-corrected chi connectivity index (χ3v) is 5.35. The molecule has 1 amide bonds. The van der Waals surface area contributed by atoms with Crippen LogP contribution in [0.1, 0.15) is 73.7 Å². The summed E-state index contributed by atoms with van der Waals surface area (Å²) in [6, 6.07) is 8.98. The number of aromatic amines is 1. The van der Waals surface area contributed by atoms with Gasteiger partial charge in [-0.05, 0) is 60.4 Å². The van der Waals surface area contributed by atoms with Crippen molar-refractivity contribution in [2.24, 2.45) is 5.92 Å². The first-order valence-electron chi connectivity index (χ1n) is 16.6. The smallest absolute Gasteiger partial charge is 0.225 e. The molecule has 1 aliphatic rings. The molecule has 2 atom stereocenters. The van der Waals surface area contributed by atoms with Gasteiger partial charge in [0.2, 0.25) is 5.91 Å². The van der Waals surface area contributed by atoms with Crippen molar-refractivity contribution < 1.29 is 32.1 Å². The van der Waals surface area contributed by atoms with Gasteiger partial charge < -0.3 is 15.0 Å². The van der Waals surface area contributed by atoms with E-state index in [9.17, 15) is 14.3 Å². The van der Waals surface area contributed by atoms with Crippen molar-refractivity contribution in [2.45, 2.75) is 57.3 Å². The van der Waals surface area contributed by atoms with Gasteiger partial charge in [0.25, 0.3) is 0 Å². The molecule has 2 N–H and O–H groups in total. The van der Waals surface area contributed by atoms with Gasteiger partial charge in [-0.15, -0.1) is 0 Å². The summed E-state index contributed by atoms with van der Waals surface area (Å²) >= 11 is 0. The highest BCUT2D eigenvalue weighted by Gasteiger charge is 2.45. The van der Waals surface area contributed by atoms with Gasteiger partial charge in [0, 0.05) is 43.6 Å². The molecule has 0 unspecified atom stereocenters. The van der Waals surface area contributed by atoms with E-state index in [1.165, 1.54) is 26.0 Å². The fraction of sp³-hybridized carbons (Fsp3) is 0.462. The van der Waals surface area contributed by atoms with Gasteiger partial charge in [0.15, 0.2) is 0 Å². The maximum absolute atomic E-state index is 14.2. The quantitative estimate of drug-likeness (QED) is 0.553. The van der Waals surface area contributed by atoms with E-state index in [0.29, 0.717) is 0 Å². The third-order valence-electron chi connectivity index (χ3n) is 5.35. The summed E-state index contributed by atoms with van der Waals surface area (Å²) < 4.78 is 124. The van der Waals surface area contributed by atoms with Crippen LogP contribution in [0.3, 0.4) is 0 Å². The van der Waals surface area contributed by atoms with E-state index in [1.54, 1.807) is 12.1 Å². The zero-order valence-corrected chi connectivity index (χ0v) is 17.5. The molecule has 0 aliphatic heterocycles. The maximum Gasteiger partial charge on any atom is 0.225 e. The number of aliphatic hydroxyl groups is 1. The van der Waals surface area contributed by atoms with Crippen molar-refractivity contribution in [3.8, 4) is 0 Å². The second-order valence-corrected chi connectivity index (χ2v) is 8.00. The predicted octanol–water partition coefficient (Wildman–Crippen LogP) is 4.60. The molecule has 6 heteroatoms. The number of hydrogen-bond donors (Lipinski definition) is 2. The Balaban J connectivity index is 1.84. The highest BCUT2D eigenvalue weighted by Crippen LogP contribution is 2.45. The average Bonchev–Trinajstić information content (AvgIpc) is 3.32. The van der Waals surface area contributed by atoms with Crippen LogP contribution in [-0.2, 0) is 17.5 Å². The number of fused-ring (bicyclic) bond motifs is 2. The molecular weight excluding hydrogens is 405 g/mol. The highest BCUT2D eigenvalue weighted by molar-refractivity contribution is 5.77. The topological polar surface area (TPSA) is 69.2 Å². The Kier molecular flexibility index (Phi) is 3.22. The molecule has 0 radical (unpaired) electrons. The summed E-state index contributed by atoms with van der Waals surface area (Å²) in [7, 11) is 0. The summed E-state index contributed by atoms with van der Waals surface area (Å²) in [6.07, 6.45) is -15.3. The van der Waals surface area contributed by atoms with Gasteiger partial charge in [-0.25, -0.2) is 9.37 Å². The maximum atomic E-state index is 14.2. The first-order chi connectivity index (χ1) is 20.3. The molecule has 3 aromatic rings. The zero-order valence-electron chi connectivity index (χ0n) is 30.5. The minimum absolute atomic E-state index is 0.0539. The molecule has 1 aromatic heterocycles. The second-order valence-electron chi connectivity index (χ2n) is 8.00. The van der Waals surface area contributed by atoms with Crippen molar-refractivity contribution in [3.05, 3.63) is 65.2 Å². The van der Waals surface area contributed by atoms with E-state index in [-0.39, 0.29) is 16.6 Å². The van der Waals surface area contributed by atoms with Crippen molar-refractivity contribution in [1.29, 1.82) is 0 Å². The fourth-order valence-electron chi connectivity index (χ4n) is 4.01. The van der Waals surface area contributed by atoms with Crippen molar-refractivity contribution in [2.75, 3.05) is 13.5 Å². The molecule has 170 valence electrons. The molecule has 32 heavy (non-hydrogen) atoms. The predicted molar refractivity (Wildman–Crippen MR) is 124 cm³/mol. The van der Waals surface area contributed by atoms with Crippen LogP contribution >= 0.6 is 0 Å². The number of para-hydroxylation sites is 2. The number of aromatic nitrogens is 2. The summed E-state index contributed by atoms with van der Waals surface area (Å²) in [5, 5.41) is 12.0. The summed E-state index contributed by atoms with van der Waals surface area (Å²) in [4.78, 5) is 19.9. The van der Waals surface area contributed by atoms with Crippen LogP contribution in [-0.4, -0.2) is 45.0 Å². The summed E-state index contributed by atoms with van der Waals surface area (Å²) in [6.45, 7) is -4.79. The zero-order chi connectivity index (χ0) is 34.3. The van der Waals surface area contributed by atoms with Gasteiger partial charge >= 0.3 is 0 Å². The van der Waals surface area contributed by atoms with E-state index in [1.807, 2.05) is 0 Å². The Hall–Kier alpha value is -2.73. The Morgan fingerprint density at radius 3 is 3.00 bits per heavy atom. The van der Waals surface area contributed by atoms with Gasteiger partial charge in [-0.1, -0.05) is 32.0 Å². The molecule has 5 nitrogen and oxygen atoms in total. The van der Waals surface area contributed by atoms with Crippen molar-refractivity contribution in [3.63, 3.8) is 0 Å². The SMILES string of the molecule is [2H]C([2H])([2H])N(C(=O)C[C@@]1(O)[C@@H](C(C)C)c2ccc(F)cc2C([2H])([2H])C1([2H])[2H])C([2H])([2H])C([2H])([2H])C([2H])([2H])c1nc2ccccc2[nH]1. The largest absolute Gasteiger partial charge is 0.389 e.